The smallest absolute Gasteiger partial charge is 0.462 e. The molecule has 0 radical (unpaired) electrons. The van der Waals surface area contributed by atoms with Crippen LogP contribution < -0.4 is 0 Å². The Morgan fingerprint density at radius 1 is 0.655 bits per heavy atom. The maximum absolute atomic E-state index is 12.6. The Labute approximate surface area is 332 Å². The van der Waals surface area contributed by atoms with Gasteiger partial charge in [-0.05, 0) is 50.9 Å². The van der Waals surface area contributed by atoms with Gasteiger partial charge in [-0.15, -0.1) is 0 Å². The van der Waals surface area contributed by atoms with Gasteiger partial charge in [-0.2, -0.15) is 0 Å². The molecule has 0 saturated heterocycles. The molecule has 0 spiro atoms. The van der Waals surface area contributed by atoms with Crippen molar-refractivity contribution in [1.29, 1.82) is 0 Å². The lowest BCUT2D eigenvalue weighted by molar-refractivity contribution is -0.161. The standard InChI is InChI=1S/C43H75O11P/c1-4-38(3)30-26-22-18-14-12-13-17-21-25-29-33-43(48)54-41(37-53-55(49,50)52-35-40(46)34-44)36-51-42(47)32-28-24-20-16-11-9-7-6-8-10-15-19-23-27-31-39(45)5-2/h7-10,16,19-20,23,27,31,38-41,44-46H,4-6,11-15,17-18,21-22,24-26,28-30,32-37H2,1-3H3,(H,49,50)/b9-7-,10-8-,20-16-,23-19-,31-27+/t38?,39-,40-,41+/m0/s1. The van der Waals surface area contributed by atoms with Crippen LogP contribution in [0.2, 0.25) is 0 Å². The topological polar surface area (TPSA) is 169 Å². The van der Waals surface area contributed by atoms with Crippen molar-refractivity contribution in [2.24, 2.45) is 5.92 Å². The number of aliphatic hydroxyl groups is 3. The van der Waals surface area contributed by atoms with Gasteiger partial charge < -0.3 is 29.7 Å². The molecule has 0 aromatic heterocycles. The van der Waals surface area contributed by atoms with Crippen molar-refractivity contribution in [3.8, 4) is 0 Å². The number of hydrogen-bond donors (Lipinski definition) is 4. The first-order chi connectivity index (χ1) is 26.5. The summed E-state index contributed by atoms with van der Waals surface area (Å²) in [5.41, 5.74) is 0. The summed E-state index contributed by atoms with van der Waals surface area (Å²) in [7, 11) is -4.64. The summed E-state index contributed by atoms with van der Waals surface area (Å²) in [6, 6.07) is 0. The molecule has 0 heterocycles. The van der Waals surface area contributed by atoms with Crippen molar-refractivity contribution >= 4 is 19.8 Å². The van der Waals surface area contributed by atoms with E-state index in [1.54, 1.807) is 6.08 Å². The predicted molar refractivity (Wildman–Crippen MR) is 220 cm³/mol. The van der Waals surface area contributed by atoms with E-state index in [2.05, 4.69) is 42.7 Å². The van der Waals surface area contributed by atoms with Crippen LogP contribution in [0.25, 0.3) is 0 Å². The third kappa shape index (κ3) is 37.0. The maximum Gasteiger partial charge on any atom is 0.472 e. The van der Waals surface area contributed by atoms with Crippen LogP contribution in [0.15, 0.2) is 60.8 Å². The number of carbonyl (C=O) groups is 2. The lowest BCUT2D eigenvalue weighted by Gasteiger charge is -2.20. The van der Waals surface area contributed by atoms with E-state index in [-0.39, 0.29) is 25.6 Å². The fourth-order valence-electron chi connectivity index (χ4n) is 5.13. The van der Waals surface area contributed by atoms with E-state index in [9.17, 15) is 29.3 Å². The van der Waals surface area contributed by atoms with Crippen LogP contribution in [0.4, 0.5) is 0 Å². The number of allylic oxidation sites excluding steroid dienone is 9. The molecule has 0 aliphatic rings. The number of rotatable bonds is 37. The molecule has 12 heteroatoms. The zero-order valence-corrected chi connectivity index (χ0v) is 35.0. The SMILES string of the molecule is CCC(C)CCCCCCCCCCCCC(=O)O[C@H](COC(=O)CCC/C=C\C/C=C\C/C=C\C/C=C\C=C\[C@@H](O)CC)COP(=O)(O)OC[C@@H](O)CO. The molecule has 2 unspecified atom stereocenters. The van der Waals surface area contributed by atoms with Crippen molar-refractivity contribution in [3.63, 3.8) is 0 Å². The first kappa shape index (κ1) is 52.6. The van der Waals surface area contributed by atoms with Crippen LogP contribution in [0.3, 0.4) is 0 Å². The zero-order valence-electron chi connectivity index (χ0n) is 34.1. The largest absolute Gasteiger partial charge is 0.472 e. The van der Waals surface area contributed by atoms with E-state index in [0.717, 1.165) is 44.4 Å². The molecule has 4 N–H and O–H groups in total. The Bertz CT molecular complexity index is 1130. The molecule has 11 nitrogen and oxygen atoms in total. The second-order valence-corrected chi connectivity index (χ2v) is 15.5. The second kappa shape index (κ2) is 37.2. The van der Waals surface area contributed by atoms with Crippen LogP contribution in [-0.4, -0.2) is 76.9 Å². The summed E-state index contributed by atoms with van der Waals surface area (Å²) < 4.78 is 32.6. The Kier molecular flexibility index (Phi) is 35.6. The number of esters is 2. The second-order valence-electron chi connectivity index (χ2n) is 14.1. The van der Waals surface area contributed by atoms with E-state index in [4.69, 9.17) is 19.1 Å². The van der Waals surface area contributed by atoms with Gasteiger partial charge in [0.05, 0.1) is 25.9 Å². The van der Waals surface area contributed by atoms with E-state index in [0.29, 0.717) is 25.7 Å². The highest BCUT2D eigenvalue weighted by molar-refractivity contribution is 7.47. The number of aliphatic hydroxyl groups excluding tert-OH is 3. The van der Waals surface area contributed by atoms with Crippen LogP contribution in [-0.2, 0) is 32.7 Å². The minimum Gasteiger partial charge on any atom is -0.462 e. The van der Waals surface area contributed by atoms with Crippen molar-refractivity contribution < 1.29 is 52.9 Å². The Morgan fingerprint density at radius 2 is 1.20 bits per heavy atom. The fourth-order valence-corrected chi connectivity index (χ4v) is 5.92. The highest BCUT2D eigenvalue weighted by Crippen LogP contribution is 2.43. The van der Waals surface area contributed by atoms with Gasteiger partial charge in [0.1, 0.15) is 12.7 Å². The van der Waals surface area contributed by atoms with Crippen molar-refractivity contribution in [3.05, 3.63) is 60.8 Å². The third-order valence-corrected chi connectivity index (χ3v) is 9.84. The van der Waals surface area contributed by atoms with Crippen molar-refractivity contribution in [2.75, 3.05) is 26.4 Å². The van der Waals surface area contributed by atoms with E-state index < -0.39 is 51.8 Å². The molecule has 0 aliphatic carbocycles. The summed E-state index contributed by atoms with van der Waals surface area (Å²) in [4.78, 5) is 34.9. The zero-order chi connectivity index (χ0) is 40.8. The quantitative estimate of drug-likeness (QED) is 0.0155. The summed E-state index contributed by atoms with van der Waals surface area (Å²) >= 11 is 0. The van der Waals surface area contributed by atoms with Crippen molar-refractivity contribution in [2.45, 2.75) is 167 Å². The number of carbonyl (C=O) groups excluding carboxylic acids is 2. The molecule has 318 valence electrons. The molecule has 0 rings (SSSR count). The Hall–Kier alpha value is -2.37. The van der Waals surface area contributed by atoms with Gasteiger partial charge >= 0.3 is 19.8 Å². The molecule has 0 saturated carbocycles. The Balaban J connectivity index is 4.45. The summed E-state index contributed by atoms with van der Waals surface area (Å²) in [5, 5.41) is 27.8. The van der Waals surface area contributed by atoms with Crippen molar-refractivity contribution in [1.82, 2.24) is 0 Å². The maximum atomic E-state index is 12.6. The molecule has 0 amide bonds. The molecular weight excluding hydrogens is 723 g/mol. The summed E-state index contributed by atoms with van der Waals surface area (Å²) in [6.07, 6.45) is 35.7. The minimum atomic E-state index is -4.64. The van der Waals surface area contributed by atoms with Gasteiger partial charge in [0, 0.05) is 12.8 Å². The fraction of sp³-hybridized carbons (Fsp3) is 0.721. The van der Waals surface area contributed by atoms with E-state index in [1.165, 1.54) is 51.4 Å². The van der Waals surface area contributed by atoms with Crippen LogP contribution in [0.1, 0.15) is 149 Å². The minimum absolute atomic E-state index is 0.148. The lowest BCUT2D eigenvalue weighted by atomic mass is 9.99. The molecule has 55 heavy (non-hydrogen) atoms. The van der Waals surface area contributed by atoms with Gasteiger partial charge in [-0.1, -0.05) is 152 Å². The highest BCUT2D eigenvalue weighted by atomic mass is 31.2. The number of phosphoric ester groups is 1. The van der Waals surface area contributed by atoms with E-state index >= 15 is 0 Å². The molecule has 0 fully saturated rings. The Morgan fingerprint density at radius 3 is 1.80 bits per heavy atom. The normalized spacial score (nSPS) is 15.7. The average molecular weight is 799 g/mol. The molecule has 5 atom stereocenters. The molecular formula is C43H75O11P. The van der Waals surface area contributed by atoms with Gasteiger partial charge in [0.25, 0.3) is 0 Å². The molecule has 0 aliphatic heterocycles. The number of unbranched alkanes of at least 4 members (excludes halogenated alkanes) is 10. The van der Waals surface area contributed by atoms with Crippen LogP contribution in [0.5, 0.6) is 0 Å². The van der Waals surface area contributed by atoms with Gasteiger partial charge in [-0.3, -0.25) is 18.6 Å². The summed E-state index contributed by atoms with van der Waals surface area (Å²) in [5.74, 6) is -0.188. The van der Waals surface area contributed by atoms with Gasteiger partial charge in [-0.25, -0.2) is 4.57 Å². The average Bonchev–Trinajstić information content (AvgIpc) is 3.17. The number of ether oxygens (including phenoxy) is 2. The monoisotopic (exact) mass is 799 g/mol. The third-order valence-electron chi connectivity index (χ3n) is 8.88. The first-order valence-corrected chi connectivity index (χ1v) is 22.2. The van der Waals surface area contributed by atoms with Gasteiger partial charge in [0.15, 0.2) is 6.10 Å². The van der Waals surface area contributed by atoms with Gasteiger partial charge in [0.2, 0.25) is 0 Å². The predicted octanol–water partition coefficient (Wildman–Crippen LogP) is 9.55. The summed E-state index contributed by atoms with van der Waals surface area (Å²) in [6.45, 7) is 4.29. The first-order valence-electron chi connectivity index (χ1n) is 20.7. The molecule has 0 aromatic carbocycles. The van der Waals surface area contributed by atoms with E-state index in [1.807, 2.05) is 37.3 Å². The number of hydrogen-bond acceptors (Lipinski definition) is 10. The highest BCUT2D eigenvalue weighted by Gasteiger charge is 2.27. The van der Waals surface area contributed by atoms with Crippen LogP contribution in [0, 0.1) is 5.92 Å². The molecule has 0 bridgehead atoms. The van der Waals surface area contributed by atoms with Crippen LogP contribution >= 0.6 is 7.82 Å². The number of phosphoric acid groups is 1. The molecule has 0 aromatic rings. The lowest BCUT2D eigenvalue weighted by Crippen LogP contribution is -2.29.